The molecule has 1 heterocycles. The third-order valence-electron chi connectivity index (χ3n) is 3.69. The fourth-order valence-electron chi connectivity index (χ4n) is 2.60. The first kappa shape index (κ1) is 12.3. The molecule has 2 unspecified atom stereocenters. The second-order valence-corrected chi connectivity index (χ2v) is 5.03. The van der Waals surface area contributed by atoms with Crippen molar-refractivity contribution in [3.05, 3.63) is 23.8 Å². The number of carbonyl (C=O) groups excluding carboxylic acids is 1. The summed E-state index contributed by atoms with van der Waals surface area (Å²) < 4.78 is 10.9. The molecule has 2 aliphatic rings. The topological polar surface area (TPSA) is 73.6 Å². The van der Waals surface area contributed by atoms with Crippen LogP contribution < -0.4 is 20.5 Å². The van der Waals surface area contributed by atoms with Crippen molar-refractivity contribution in [1.82, 2.24) is 5.32 Å². The summed E-state index contributed by atoms with van der Waals surface area (Å²) in [5.74, 6) is 1.23. The maximum absolute atomic E-state index is 12.2. The Morgan fingerprint density at radius 1 is 1.21 bits per heavy atom. The highest BCUT2D eigenvalue weighted by Gasteiger charge is 2.26. The standard InChI is InChI=1S/C14H18N2O3/c15-10-2-1-3-11(10)16-14(17)9-4-5-12-13(8-9)19-7-6-18-12/h4-5,8,10-11H,1-3,6-7,15H2,(H,16,17). The van der Waals surface area contributed by atoms with Gasteiger partial charge in [0.1, 0.15) is 13.2 Å². The molecule has 1 amide bonds. The highest BCUT2D eigenvalue weighted by molar-refractivity contribution is 5.95. The summed E-state index contributed by atoms with van der Waals surface area (Å²) in [6.45, 7) is 1.07. The molecule has 5 heteroatoms. The van der Waals surface area contributed by atoms with E-state index >= 15 is 0 Å². The number of hydrogen-bond donors (Lipinski definition) is 2. The van der Waals surface area contributed by atoms with E-state index in [4.69, 9.17) is 15.2 Å². The van der Waals surface area contributed by atoms with Crippen LogP contribution in [0.15, 0.2) is 18.2 Å². The predicted molar refractivity (Wildman–Crippen MR) is 70.5 cm³/mol. The number of ether oxygens (including phenoxy) is 2. The van der Waals surface area contributed by atoms with Gasteiger partial charge in [-0.2, -0.15) is 0 Å². The Hall–Kier alpha value is -1.75. The molecule has 1 fully saturated rings. The van der Waals surface area contributed by atoms with Gasteiger partial charge in [0.15, 0.2) is 11.5 Å². The highest BCUT2D eigenvalue weighted by Crippen LogP contribution is 2.30. The van der Waals surface area contributed by atoms with Crippen LogP contribution in [-0.2, 0) is 0 Å². The first-order valence-corrected chi connectivity index (χ1v) is 6.70. The normalized spacial score (nSPS) is 25.1. The van der Waals surface area contributed by atoms with Crippen LogP contribution in [0.25, 0.3) is 0 Å². The Morgan fingerprint density at radius 3 is 2.74 bits per heavy atom. The van der Waals surface area contributed by atoms with E-state index in [-0.39, 0.29) is 18.0 Å². The molecular weight excluding hydrogens is 244 g/mol. The van der Waals surface area contributed by atoms with Gasteiger partial charge in [-0.1, -0.05) is 0 Å². The number of nitrogens with two attached hydrogens (primary N) is 1. The molecular formula is C14H18N2O3. The molecule has 102 valence electrons. The SMILES string of the molecule is NC1CCCC1NC(=O)c1ccc2c(c1)OCCO2. The number of rotatable bonds is 2. The van der Waals surface area contributed by atoms with Crippen molar-refractivity contribution < 1.29 is 14.3 Å². The van der Waals surface area contributed by atoms with Crippen LogP contribution in [0.2, 0.25) is 0 Å². The lowest BCUT2D eigenvalue weighted by Gasteiger charge is -2.20. The monoisotopic (exact) mass is 262 g/mol. The minimum absolute atomic E-state index is 0.0705. The van der Waals surface area contributed by atoms with Crippen molar-refractivity contribution in [2.75, 3.05) is 13.2 Å². The number of hydrogen-bond acceptors (Lipinski definition) is 4. The van der Waals surface area contributed by atoms with E-state index < -0.39 is 0 Å². The fourth-order valence-corrected chi connectivity index (χ4v) is 2.60. The lowest BCUT2D eigenvalue weighted by Crippen LogP contribution is -2.43. The molecule has 1 aromatic carbocycles. The molecule has 1 aliphatic heterocycles. The number of benzene rings is 1. The van der Waals surface area contributed by atoms with E-state index in [1.807, 2.05) is 0 Å². The summed E-state index contributed by atoms with van der Waals surface area (Å²) in [5.41, 5.74) is 6.54. The molecule has 5 nitrogen and oxygen atoms in total. The first-order chi connectivity index (χ1) is 9.24. The van der Waals surface area contributed by atoms with Gasteiger partial charge in [0.25, 0.3) is 5.91 Å². The van der Waals surface area contributed by atoms with Crippen LogP contribution >= 0.6 is 0 Å². The summed E-state index contributed by atoms with van der Waals surface area (Å²) >= 11 is 0. The average Bonchev–Trinajstić information content (AvgIpc) is 2.84. The largest absolute Gasteiger partial charge is 0.486 e. The van der Waals surface area contributed by atoms with Gasteiger partial charge >= 0.3 is 0 Å². The van der Waals surface area contributed by atoms with E-state index in [0.29, 0.717) is 30.3 Å². The maximum Gasteiger partial charge on any atom is 0.251 e. The zero-order valence-corrected chi connectivity index (χ0v) is 10.7. The van der Waals surface area contributed by atoms with Gasteiger partial charge in [-0.05, 0) is 37.5 Å². The van der Waals surface area contributed by atoms with Crippen LogP contribution in [0, 0.1) is 0 Å². The van der Waals surface area contributed by atoms with E-state index in [0.717, 1.165) is 19.3 Å². The van der Waals surface area contributed by atoms with Crippen LogP contribution in [0.4, 0.5) is 0 Å². The zero-order chi connectivity index (χ0) is 13.2. The molecule has 19 heavy (non-hydrogen) atoms. The van der Waals surface area contributed by atoms with Gasteiger partial charge in [0, 0.05) is 17.6 Å². The van der Waals surface area contributed by atoms with Gasteiger partial charge < -0.3 is 20.5 Å². The highest BCUT2D eigenvalue weighted by atomic mass is 16.6. The molecule has 3 rings (SSSR count). The quantitative estimate of drug-likeness (QED) is 0.836. The number of nitrogens with one attached hydrogen (secondary N) is 1. The summed E-state index contributed by atoms with van der Waals surface area (Å²) in [4.78, 5) is 12.2. The number of carbonyl (C=O) groups is 1. The Morgan fingerprint density at radius 2 is 2.00 bits per heavy atom. The molecule has 0 spiro atoms. The van der Waals surface area contributed by atoms with Crippen LogP contribution in [-0.4, -0.2) is 31.2 Å². The van der Waals surface area contributed by atoms with Gasteiger partial charge in [0.05, 0.1) is 0 Å². The van der Waals surface area contributed by atoms with E-state index in [1.54, 1.807) is 18.2 Å². The molecule has 1 saturated carbocycles. The van der Waals surface area contributed by atoms with Crippen molar-refractivity contribution in [3.63, 3.8) is 0 Å². The zero-order valence-electron chi connectivity index (χ0n) is 10.7. The summed E-state index contributed by atoms with van der Waals surface area (Å²) in [5, 5.41) is 2.99. The van der Waals surface area contributed by atoms with Gasteiger partial charge in [-0.15, -0.1) is 0 Å². The second-order valence-electron chi connectivity index (χ2n) is 5.03. The Kier molecular flexibility index (Phi) is 3.29. The number of fused-ring (bicyclic) bond motifs is 1. The average molecular weight is 262 g/mol. The van der Waals surface area contributed by atoms with Crippen LogP contribution in [0.1, 0.15) is 29.6 Å². The van der Waals surface area contributed by atoms with E-state index in [1.165, 1.54) is 0 Å². The molecule has 1 aromatic rings. The second kappa shape index (κ2) is 5.09. The molecule has 0 radical (unpaired) electrons. The van der Waals surface area contributed by atoms with Crippen LogP contribution in [0.3, 0.4) is 0 Å². The maximum atomic E-state index is 12.2. The fraction of sp³-hybridized carbons (Fsp3) is 0.500. The van der Waals surface area contributed by atoms with Crippen molar-refractivity contribution >= 4 is 5.91 Å². The minimum Gasteiger partial charge on any atom is -0.486 e. The molecule has 0 aromatic heterocycles. The van der Waals surface area contributed by atoms with Crippen LogP contribution in [0.5, 0.6) is 11.5 Å². The smallest absolute Gasteiger partial charge is 0.251 e. The lowest BCUT2D eigenvalue weighted by molar-refractivity contribution is 0.0933. The van der Waals surface area contributed by atoms with Crippen molar-refractivity contribution in [1.29, 1.82) is 0 Å². The van der Waals surface area contributed by atoms with E-state index in [9.17, 15) is 4.79 Å². The molecule has 2 atom stereocenters. The third-order valence-corrected chi connectivity index (χ3v) is 3.69. The van der Waals surface area contributed by atoms with Crippen molar-refractivity contribution in [2.24, 2.45) is 5.73 Å². The Labute approximate surface area is 112 Å². The molecule has 0 saturated heterocycles. The summed E-state index contributed by atoms with van der Waals surface area (Å²) in [7, 11) is 0. The van der Waals surface area contributed by atoms with Gasteiger partial charge in [-0.3, -0.25) is 4.79 Å². The Bertz CT molecular complexity index is 490. The van der Waals surface area contributed by atoms with Gasteiger partial charge in [-0.25, -0.2) is 0 Å². The molecule has 1 aliphatic carbocycles. The minimum atomic E-state index is -0.0978. The van der Waals surface area contributed by atoms with Crippen molar-refractivity contribution in [3.8, 4) is 11.5 Å². The van der Waals surface area contributed by atoms with Gasteiger partial charge in [0.2, 0.25) is 0 Å². The predicted octanol–water partition coefficient (Wildman–Crippen LogP) is 1.07. The first-order valence-electron chi connectivity index (χ1n) is 6.70. The molecule has 0 bridgehead atoms. The Balaban J connectivity index is 1.72. The van der Waals surface area contributed by atoms with E-state index in [2.05, 4.69) is 5.32 Å². The third kappa shape index (κ3) is 2.51. The summed E-state index contributed by atoms with van der Waals surface area (Å²) in [6, 6.07) is 5.41. The number of amides is 1. The lowest BCUT2D eigenvalue weighted by atomic mass is 10.1. The van der Waals surface area contributed by atoms with Crippen molar-refractivity contribution in [2.45, 2.75) is 31.3 Å². The summed E-state index contributed by atoms with van der Waals surface area (Å²) in [6.07, 6.45) is 3.01. The molecule has 3 N–H and O–H groups in total.